The van der Waals surface area contributed by atoms with Crippen molar-refractivity contribution in [3.05, 3.63) is 23.3 Å². The van der Waals surface area contributed by atoms with Crippen molar-refractivity contribution in [3.63, 3.8) is 0 Å². The molecule has 2 N–H and O–H groups in total. The van der Waals surface area contributed by atoms with Crippen molar-refractivity contribution in [1.29, 1.82) is 0 Å². The maximum Gasteiger partial charge on any atom is 0.417 e. The van der Waals surface area contributed by atoms with Gasteiger partial charge in [-0.25, -0.2) is 0 Å². The number of carbonyl (C=O) groups excluding carboxylic acids is 3. The number of rotatable bonds is 7. The number of ether oxygens (including phenoxy) is 1. The van der Waals surface area contributed by atoms with E-state index in [1.54, 1.807) is 13.8 Å². The third-order valence-electron chi connectivity index (χ3n) is 6.34. The summed E-state index contributed by atoms with van der Waals surface area (Å²) < 4.78 is 73.3. The lowest BCUT2D eigenvalue weighted by atomic mass is 9.97. The number of benzene rings is 1. The molecule has 0 bridgehead atoms. The van der Waals surface area contributed by atoms with Crippen molar-refractivity contribution in [1.82, 2.24) is 15.5 Å². The molecule has 1 aromatic rings. The quantitative estimate of drug-likeness (QED) is 0.525. The Morgan fingerprint density at radius 3 is 2.49 bits per heavy atom. The summed E-state index contributed by atoms with van der Waals surface area (Å²) in [7, 11) is 0. The fourth-order valence-electron chi connectivity index (χ4n) is 4.65. The molecule has 1 atom stereocenters. The second-order valence-electron chi connectivity index (χ2n) is 9.83. The Kier molecular flexibility index (Phi) is 8.35. The smallest absolute Gasteiger partial charge is 0.417 e. The molecule has 0 aromatic heterocycles. The third kappa shape index (κ3) is 6.13. The summed E-state index contributed by atoms with van der Waals surface area (Å²) in [5, 5.41) is 5.13. The van der Waals surface area contributed by atoms with E-state index in [0.29, 0.717) is 19.0 Å². The zero-order chi connectivity index (χ0) is 27.7. The van der Waals surface area contributed by atoms with Crippen LogP contribution in [-0.4, -0.2) is 72.9 Å². The third-order valence-corrected chi connectivity index (χ3v) is 6.34. The number of piperidine rings is 1. The van der Waals surface area contributed by atoms with Crippen molar-refractivity contribution >= 4 is 23.4 Å². The first-order chi connectivity index (χ1) is 17.1. The van der Waals surface area contributed by atoms with Gasteiger partial charge in [-0.15, -0.1) is 0 Å². The summed E-state index contributed by atoms with van der Waals surface area (Å²) in [5.74, 6) is -3.34. The normalized spacial score (nSPS) is 19.5. The molecule has 8 nitrogen and oxygen atoms in total. The van der Waals surface area contributed by atoms with Crippen molar-refractivity contribution in [3.8, 4) is 5.75 Å². The molecule has 0 radical (unpaired) electrons. The van der Waals surface area contributed by atoms with Gasteiger partial charge in [0.1, 0.15) is 5.75 Å². The first kappa shape index (κ1) is 28.6. The lowest BCUT2D eigenvalue weighted by Crippen LogP contribution is -2.54. The minimum Gasteiger partial charge on any atom is -0.476 e. The topological polar surface area (TPSA) is 91.0 Å². The molecule has 3 rings (SSSR count). The first-order valence-electron chi connectivity index (χ1n) is 12.0. The van der Waals surface area contributed by atoms with Gasteiger partial charge in [-0.1, -0.05) is 0 Å². The van der Waals surface area contributed by atoms with E-state index in [2.05, 4.69) is 5.32 Å². The summed E-state index contributed by atoms with van der Waals surface area (Å²) in [6.45, 7) is 6.60. The monoisotopic (exact) mass is 534 g/mol. The van der Waals surface area contributed by atoms with Crippen molar-refractivity contribution in [2.75, 3.05) is 31.1 Å². The van der Waals surface area contributed by atoms with Gasteiger partial charge in [0, 0.05) is 31.7 Å². The average molecular weight is 535 g/mol. The number of hydrogen-bond donors (Lipinski definition) is 2. The van der Waals surface area contributed by atoms with E-state index in [4.69, 9.17) is 4.74 Å². The van der Waals surface area contributed by atoms with Crippen molar-refractivity contribution < 1.29 is 41.1 Å². The highest BCUT2D eigenvalue weighted by Gasteiger charge is 2.45. The van der Waals surface area contributed by atoms with E-state index in [1.807, 2.05) is 5.32 Å². The van der Waals surface area contributed by atoms with E-state index in [0.717, 1.165) is 23.9 Å². The number of carbonyl (C=O) groups is 3. The van der Waals surface area contributed by atoms with Crippen LogP contribution in [0.4, 0.5) is 27.6 Å². The highest BCUT2D eigenvalue weighted by atomic mass is 19.4. The second-order valence-corrected chi connectivity index (χ2v) is 9.83. The highest BCUT2D eigenvalue weighted by Crippen LogP contribution is 2.44. The Morgan fingerprint density at radius 1 is 1.27 bits per heavy atom. The van der Waals surface area contributed by atoms with Gasteiger partial charge in [-0.05, 0) is 59.2 Å². The molecular formula is C24H31F5N4O4. The molecule has 0 saturated carbocycles. The summed E-state index contributed by atoms with van der Waals surface area (Å²) in [5.41, 5.74) is -3.55. The Morgan fingerprint density at radius 2 is 1.95 bits per heavy atom. The molecule has 0 spiro atoms. The lowest BCUT2D eigenvalue weighted by molar-refractivity contribution is -0.138. The maximum atomic E-state index is 14.2. The largest absolute Gasteiger partial charge is 0.476 e. The molecule has 37 heavy (non-hydrogen) atoms. The molecule has 0 aliphatic carbocycles. The number of fused-ring (bicyclic) bond motifs is 1. The zero-order valence-electron chi connectivity index (χ0n) is 21.0. The highest BCUT2D eigenvalue weighted by molar-refractivity contribution is 6.05. The predicted molar refractivity (Wildman–Crippen MR) is 125 cm³/mol. The van der Waals surface area contributed by atoms with Gasteiger partial charge in [-0.2, -0.15) is 22.0 Å². The van der Waals surface area contributed by atoms with Gasteiger partial charge in [0.05, 0.1) is 16.8 Å². The first-order valence-corrected chi connectivity index (χ1v) is 12.0. The second kappa shape index (κ2) is 10.8. The lowest BCUT2D eigenvalue weighted by Gasteiger charge is -2.40. The number of nitrogens with zero attached hydrogens (tertiary/aromatic N) is 2. The number of hydrogen-bond acceptors (Lipinski definition) is 5. The van der Waals surface area contributed by atoms with Crippen LogP contribution in [0.3, 0.4) is 0 Å². The van der Waals surface area contributed by atoms with Gasteiger partial charge in [0.25, 0.3) is 17.7 Å². The molecule has 1 saturated heterocycles. The number of nitrogens with one attached hydrogen (secondary N) is 2. The zero-order valence-corrected chi connectivity index (χ0v) is 21.0. The van der Waals surface area contributed by atoms with Crippen molar-refractivity contribution in [2.24, 2.45) is 0 Å². The minimum atomic E-state index is -4.90. The van der Waals surface area contributed by atoms with Crippen LogP contribution in [0.15, 0.2) is 12.1 Å². The van der Waals surface area contributed by atoms with Crippen LogP contribution in [0.25, 0.3) is 0 Å². The number of halogens is 5. The van der Waals surface area contributed by atoms with Crippen LogP contribution < -0.4 is 20.3 Å². The van der Waals surface area contributed by atoms with Gasteiger partial charge in [-0.3, -0.25) is 14.4 Å². The molecule has 1 fully saturated rings. The minimum absolute atomic E-state index is 0.113. The number of alkyl halides is 5. The summed E-state index contributed by atoms with van der Waals surface area (Å²) in [4.78, 5) is 40.4. The molecule has 2 aliphatic heterocycles. The molecule has 0 unspecified atom stereocenters. The SMILES string of the molecule is CC(C)N(C(=O)c1cc2c(cc1C(F)(F)F)OC(C)(C)C(=O)N2CCNC(=O)C(F)F)[C@@H]1CCCNC1. The molecule has 3 amide bonds. The van der Waals surface area contributed by atoms with Crippen LogP contribution in [-0.2, 0) is 15.8 Å². The van der Waals surface area contributed by atoms with Crippen LogP contribution in [0.2, 0.25) is 0 Å². The Bertz CT molecular complexity index is 1040. The van der Waals surface area contributed by atoms with E-state index >= 15 is 0 Å². The van der Waals surface area contributed by atoms with Crippen LogP contribution in [0, 0.1) is 0 Å². The Labute approximate surface area is 211 Å². The molecule has 1 aromatic carbocycles. The number of amides is 3. The van der Waals surface area contributed by atoms with E-state index in [1.165, 1.54) is 18.7 Å². The number of anilines is 1. The van der Waals surface area contributed by atoms with Crippen LogP contribution in [0.5, 0.6) is 5.75 Å². The van der Waals surface area contributed by atoms with E-state index < -0.39 is 53.1 Å². The van der Waals surface area contributed by atoms with Gasteiger partial charge in [0.15, 0.2) is 5.60 Å². The standard InChI is InChI=1S/C24H31F5N4O4/c1-13(2)33(14-6-5-7-30-12-14)21(35)15-10-17-18(11-16(15)24(27,28)29)37-23(3,4)22(36)32(17)9-8-31-20(34)19(25)26/h10-11,13-14,19,30H,5-9,12H2,1-4H3,(H,31,34)/t14-/m1/s1. The van der Waals surface area contributed by atoms with Gasteiger partial charge < -0.3 is 25.2 Å². The average Bonchev–Trinajstić information content (AvgIpc) is 2.80. The fraction of sp³-hybridized carbons (Fsp3) is 0.625. The van der Waals surface area contributed by atoms with E-state index in [-0.39, 0.29) is 30.6 Å². The molecule has 2 aliphatic rings. The molecular weight excluding hydrogens is 503 g/mol. The van der Waals surface area contributed by atoms with E-state index in [9.17, 15) is 36.3 Å². The Balaban J connectivity index is 2.08. The van der Waals surface area contributed by atoms with Gasteiger partial charge >= 0.3 is 12.6 Å². The molecule has 2 heterocycles. The molecule has 206 valence electrons. The fourth-order valence-corrected chi connectivity index (χ4v) is 4.65. The van der Waals surface area contributed by atoms with Gasteiger partial charge in [0.2, 0.25) is 0 Å². The molecule has 13 heteroatoms. The predicted octanol–water partition coefficient (Wildman–Crippen LogP) is 3.19. The van der Waals surface area contributed by atoms with Crippen LogP contribution in [0.1, 0.15) is 56.5 Å². The Hall–Kier alpha value is -2.96. The van der Waals surface area contributed by atoms with Crippen molar-refractivity contribution in [2.45, 2.75) is 70.8 Å². The maximum absolute atomic E-state index is 14.2. The summed E-state index contributed by atoms with van der Waals surface area (Å²) in [6, 6.07) is 0.927. The summed E-state index contributed by atoms with van der Waals surface area (Å²) in [6.07, 6.45) is -6.79. The van der Waals surface area contributed by atoms with Crippen LogP contribution >= 0.6 is 0 Å². The summed E-state index contributed by atoms with van der Waals surface area (Å²) >= 11 is 0.